The second kappa shape index (κ2) is 4.13. The summed E-state index contributed by atoms with van der Waals surface area (Å²) in [5, 5.41) is 7.17. The number of hydrogen-bond acceptors (Lipinski definition) is 3. The van der Waals surface area contributed by atoms with Crippen LogP contribution < -0.4 is 0 Å². The van der Waals surface area contributed by atoms with Crippen molar-refractivity contribution in [1.29, 1.82) is 5.41 Å². The van der Waals surface area contributed by atoms with Crippen LogP contribution in [0.1, 0.15) is 6.92 Å². The van der Waals surface area contributed by atoms with Crippen molar-refractivity contribution in [3.63, 3.8) is 0 Å². The van der Waals surface area contributed by atoms with Crippen LogP contribution in [-0.2, 0) is 9.53 Å². The molecule has 1 unspecified atom stereocenters. The highest BCUT2D eigenvalue weighted by Gasteiger charge is 2.29. The molecule has 14 heavy (non-hydrogen) atoms. The lowest BCUT2D eigenvalue weighted by molar-refractivity contribution is -0.144. The van der Waals surface area contributed by atoms with Crippen molar-refractivity contribution in [3.8, 4) is 0 Å². The molecule has 0 aliphatic heterocycles. The predicted molar refractivity (Wildman–Crippen MR) is 46.2 cm³/mol. The van der Waals surface area contributed by atoms with E-state index < -0.39 is 29.3 Å². The van der Waals surface area contributed by atoms with Crippen LogP contribution >= 0.6 is 0 Å². The van der Waals surface area contributed by atoms with Gasteiger partial charge < -0.3 is 10.1 Å². The molecule has 76 valence electrons. The molecule has 0 saturated heterocycles. The summed E-state index contributed by atoms with van der Waals surface area (Å²) in [5.41, 5.74) is -0.691. The third kappa shape index (κ3) is 1.86. The van der Waals surface area contributed by atoms with E-state index in [4.69, 9.17) is 5.41 Å². The Bertz CT molecular complexity index is 334. The summed E-state index contributed by atoms with van der Waals surface area (Å²) in [6, 6.07) is 0. The normalized spacial score (nSPS) is 21.4. The molecule has 1 aliphatic rings. The molecule has 5 heteroatoms. The molecule has 1 aliphatic carbocycles. The minimum Gasteiger partial charge on any atom is -0.465 e. The van der Waals surface area contributed by atoms with Gasteiger partial charge in [-0.05, 0) is 13.0 Å². The molecule has 0 aromatic rings. The zero-order valence-electron chi connectivity index (χ0n) is 7.51. The number of ether oxygens (including phenoxy) is 1. The van der Waals surface area contributed by atoms with Crippen LogP contribution in [0.15, 0.2) is 23.8 Å². The van der Waals surface area contributed by atoms with Gasteiger partial charge in [-0.2, -0.15) is 0 Å². The van der Waals surface area contributed by atoms with Crippen LogP contribution in [0, 0.1) is 11.3 Å². The van der Waals surface area contributed by atoms with Crippen molar-refractivity contribution in [3.05, 3.63) is 23.8 Å². The van der Waals surface area contributed by atoms with Gasteiger partial charge in [-0.25, -0.2) is 8.78 Å². The molecular weight excluding hydrogens is 192 g/mol. The SMILES string of the molecule is CCOC(=O)C1C=CC(F)=C(F)C1=N. The summed E-state index contributed by atoms with van der Waals surface area (Å²) in [5.74, 6) is -4.30. The highest BCUT2D eigenvalue weighted by atomic mass is 19.2. The topological polar surface area (TPSA) is 50.2 Å². The van der Waals surface area contributed by atoms with Crippen molar-refractivity contribution >= 4 is 11.7 Å². The second-order valence-corrected chi connectivity index (χ2v) is 2.66. The summed E-state index contributed by atoms with van der Waals surface area (Å²) >= 11 is 0. The molecule has 0 saturated carbocycles. The van der Waals surface area contributed by atoms with Gasteiger partial charge >= 0.3 is 5.97 Å². The van der Waals surface area contributed by atoms with Gasteiger partial charge in [-0.3, -0.25) is 4.79 Å². The maximum Gasteiger partial charge on any atom is 0.319 e. The minimum atomic E-state index is -1.30. The van der Waals surface area contributed by atoms with Gasteiger partial charge in [0.25, 0.3) is 0 Å². The number of nitrogens with one attached hydrogen (secondary N) is 1. The third-order valence-electron chi connectivity index (χ3n) is 1.73. The Balaban J connectivity index is 2.83. The Kier molecular flexibility index (Phi) is 3.11. The molecule has 3 nitrogen and oxygen atoms in total. The number of esters is 1. The zero-order valence-corrected chi connectivity index (χ0v) is 7.51. The van der Waals surface area contributed by atoms with Gasteiger partial charge in [0.2, 0.25) is 0 Å². The molecule has 0 aromatic carbocycles. The van der Waals surface area contributed by atoms with Crippen molar-refractivity contribution in [2.45, 2.75) is 6.92 Å². The smallest absolute Gasteiger partial charge is 0.319 e. The molecule has 0 aromatic heterocycles. The molecule has 0 bridgehead atoms. The van der Waals surface area contributed by atoms with Gasteiger partial charge in [0.15, 0.2) is 11.7 Å². The molecule has 1 atom stereocenters. The Hall–Kier alpha value is -1.52. The summed E-state index contributed by atoms with van der Waals surface area (Å²) in [6.45, 7) is 1.74. The lowest BCUT2D eigenvalue weighted by Gasteiger charge is -2.14. The first-order chi connectivity index (χ1) is 6.57. The van der Waals surface area contributed by atoms with E-state index in [1.165, 1.54) is 0 Å². The highest BCUT2D eigenvalue weighted by Crippen LogP contribution is 2.23. The van der Waals surface area contributed by atoms with Crippen LogP contribution in [-0.4, -0.2) is 18.3 Å². The van der Waals surface area contributed by atoms with Crippen molar-refractivity contribution in [2.24, 2.45) is 5.92 Å². The Labute approximate surface area is 79.6 Å². The van der Waals surface area contributed by atoms with Crippen molar-refractivity contribution in [2.75, 3.05) is 6.61 Å². The first kappa shape index (κ1) is 10.6. The van der Waals surface area contributed by atoms with Crippen LogP contribution in [0.5, 0.6) is 0 Å². The minimum absolute atomic E-state index is 0.143. The number of carbonyl (C=O) groups excluding carboxylic acids is 1. The number of halogens is 2. The Morgan fingerprint density at radius 1 is 1.64 bits per heavy atom. The summed E-state index contributed by atoms with van der Waals surface area (Å²) in [7, 11) is 0. The van der Waals surface area contributed by atoms with E-state index >= 15 is 0 Å². The summed E-state index contributed by atoms with van der Waals surface area (Å²) < 4.78 is 30.0. The van der Waals surface area contributed by atoms with Gasteiger partial charge in [0.1, 0.15) is 5.92 Å². The fraction of sp³-hybridized carbons (Fsp3) is 0.333. The van der Waals surface area contributed by atoms with Crippen LogP contribution in [0.2, 0.25) is 0 Å². The molecule has 0 heterocycles. The standard InChI is InChI=1S/C9H9F2NO2/c1-2-14-9(13)5-3-4-6(10)7(11)8(5)12/h3-5,12H,2H2,1H3. The maximum absolute atomic E-state index is 12.8. The molecule has 0 fully saturated rings. The van der Waals surface area contributed by atoms with Gasteiger partial charge in [-0.1, -0.05) is 6.08 Å². The highest BCUT2D eigenvalue weighted by molar-refractivity contribution is 6.11. The maximum atomic E-state index is 12.8. The zero-order chi connectivity index (χ0) is 10.7. The van der Waals surface area contributed by atoms with E-state index in [0.29, 0.717) is 0 Å². The first-order valence-electron chi connectivity index (χ1n) is 4.06. The van der Waals surface area contributed by atoms with E-state index in [-0.39, 0.29) is 6.61 Å². The van der Waals surface area contributed by atoms with Crippen molar-refractivity contribution in [1.82, 2.24) is 0 Å². The quantitative estimate of drug-likeness (QED) is 0.693. The molecule has 0 amide bonds. The second-order valence-electron chi connectivity index (χ2n) is 2.66. The number of carbonyl (C=O) groups is 1. The molecule has 0 spiro atoms. The third-order valence-corrected chi connectivity index (χ3v) is 1.73. The fourth-order valence-electron chi connectivity index (χ4n) is 1.04. The van der Waals surface area contributed by atoms with E-state index in [1.807, 2.05) is 0 Å². The predicted octanol–water partition coefficient (Wildman–Crippen LogP) is 1.91. The fourth-order valence-corrected chi connectivity index (χ4v) is 1.04. The Morgan fingerprint density at radius 2 is 2.29 bits per heavy atom. The molecule has 1 rings (SSSR count). The van der Waals surface area contributed by atoms with Crippen LogP contribution in [0.25, 0.3) is 0 Å². The van der Waals surface area contributed by atoms with Gasteiger partial charge in [0, 0.05) is 0 Å². The van der Waals surface area contributed by atoms with Gasteiger partial charge in [-0.15, -0.1) is 0 Å². The lowest BCUT2D eigenvalue weighted by Crippen LogP contribution is -2.26. The van der Waals surface area contributed by atoms with Crippen molar-refractivity contribution < 1.29 is 18.3 Å². The summed E-state index contributed by atoms with van der Waals surface area (Å²) in [4.78, 5) is 11.1. The lowest BCUT2D eigenvalue weighted by atomic mass is 9.97. The number of hydrogen-bond donors (Lipinski definition) is 1. The monoisotopic (exact) mass is 201 g/mol. The van der Waals surface area contributed by atoms with Crippen LogP contribution in [0.3, 0.4) is 0 Å². The van der Waals surface area contributed by atoms with Crippen LogP contribution in [0.4, 0.5) is 8.78 Å². The molecule has 1 N–H and O–H groups in total. The average Bonchev–Trinajstić information content (AvgIpc) is 2.15. The van der Waals surface area contributed by atoms with E-state index in [2.05, 4.69) is 4.74 Å². The summed E-state index contributed by atoms with van der Waals surface area (Å²) in [6.07, 6.45) is 1.94. The number of rotatable bonds is 2. The van der Waals surface area contributed by atoms with Gasteiger partial charge in [0.05, 0.1) is 12.3 Å². The molecular formula is C9H9F2NO2. The first-order valence-corrected chi connectivity index (χ1v) is 4.06. The number of allylic oxidation sites excluding steroid dienone is 3. The van der Waals surface area contributed by atoms with E-state index in [0.717, 1.165) is 12.2 Å². The average molecular weight is 201 g/mol. The van der Waals surface area contributed by atoms with E-state index in [1.54, 1.807) is 6.92 Å². The molecule has 0 radical (unpaired) electrons. The largest absolute Gasteiger partial charge is 0.465 e. The Morgan fingerprint density at radius 3 is 2.86 bits per heavy atom. The van der Waals surface area contributed by atoms with E-state index in [9.17, 15) is 13.6 Å².